The van der Waals surface area contributed by atoms with Gasteiger partial charge in [-0.1, -0.05) is 30.3 Å². The first-order valence-corrected chi connectivity index (χ1v) is 11.1. The number of aromatic nitrogens is 3. The van der Waals surface area contributed by atoms with Gasteiger partial charge in [-0.3, -0.25) is 4.79 Å². The van der Waals surface area contributed by atoms with Crippen LogP contribution in [-0.4, -0.2) is 34.1 Å². The highest BCUT2D eigenvalue weighted by Crippen LogP contribution is 2.36. The molecule has 1 aliphatic heterocycles. The summed E-state index contributed by atoms with van der Waals surface area (Å²) in [7, 11) is 0. The number of fused-ring (bicyclic) bond motifs is 1. The van der Waals surface area contributed by atoms with Crippen molar-refractivity contribution in [2.24, 2.45) is 0 Å². The third-order valence-corrected chi connectivity index (χ3v) is 5.37. The van der Waals surface area contributed by atoms with Crippen molar-refractivity contribution in [2.45, 2.75) is 19.8 Å². The van der Waals surface area contributed by atoms with Gasteiger partial charge in [-0.25, -0.2) is 4.68 Å². The first-order chi connectivity index (χ1) is 16.7. The molecular formula is C26H24N4O4. The van der Waals surface area contributed by atoms with E-state index in [1.165, 1.54) is 0 Å². The van der Waals surface area contributed by atoms with Crippen LogP contribution in [0.25, 0.3) is 17.1 Å². The van der Waals surface area contributed by atoms with E-state index in [0.29, 0.717) is 36.8 Å². The van der Waals surface area contributed by atoms with Crippen LogP contribution in [0, 0.1) is 0 Å². The molecule has 0 saturated carbocycles. The molecule has 4 aromatic rings. The van der Waals surface area contributed by atoms with Crippen LogP contribution in [0.2, 0.25) is 0 Å². The smallest absolute Gasteiger partial charge is 0.336 e. The van der Waals surface area contributed by atoms with E-state index in [2.05, 4.69) is 15.4 Å². The summed E-state index contributed by atoms with van der Waals surface area (Å²) in [6.07, 6.45) is 1.11. The van der Waals surface area contributed by atoms with Gasteiger partial charge in [0.1, 0.15) is 0 Å². The summed E-state index contributed by atoms with van der Waals surface area (Å²) in [5.41, 5.74) is 3.46. The molecule has 3 aromatic carbocycles. The second-order valence-corrected chi connectivity index (χ2v) is 7.71. The highest BCUT2D eigenvalue weighted by atomic mass is 16.7. The number of hydrogen-bond acceptors (Lipinski definition) is 6. The van der Waals surface area contributed by atoms with E-state index in [4.69, 9.17) is 14.2 Å². The highest BCUT2D eigenvalue weighted by molar-refractivity contribution is 5.90. The molecule has 0 saturated heterocycles. The Hall–Kier alpha value is -4.33. The van der Waals surface area contributed by atoms with Crippen LogP contribution in [0.4, 0.5) is 5.69 Å². The zero-order valence-corrected chi connectivity index (χ0v) is 18.7. The van der Waals surface area contributed by atoms with Crippen molar-refractivity contribution >= 4 is 11.6 Å². The lowest BCUT2D eigenvalue weighted by Crippen LogP contribution is -2.12. The average molecular weight is 457 g/mol. The number of aryl methyl sites for hydroxylation is 1. The first kappa shape index (κ1) is 21.5. The van der Waals surface area contributed by atoms with Gasteiger partial charge in [0, 0.05) is 17.7 Å². The minimum Gasteiger partial charge on any atom is -0.463 e. The molecule has 0 unspecified atom stereocenters. The maximum atomic E-state index is 12.4. The monoisotopic (exact) mass is 456 g/mol. The quantitative estimate of drug-likeness (QED) is 0.416. The van der Waals surface area contributed by atoms with Crippen LogP contribution in [0.3, 0.4) is 0 Å². The van der Waals surface area contributed by atoms with E-state index in [1.807, 2.05) is 79.7 Å². The fraction of sp³-hybridized carbons (Fsp3) is 0.192. The van der Waals surface area contributed by atoms with Gasteiger partial charge in [-0.2, -0.15) is 4.98 Å². The normalized spacial score (nSPS) is 11.9. The molecule has 0 aliphatic carbocycles. The van der Waals surface area contributed by atoms with Crippen molar-refractivity contribution in [3.8, 4) is 34.6 Å². The van der Waals surface area contributed by atoms with E-state index in [-0.39, 0.29) is 18.7 Å². The van der Waals surface area contributed by atoms with Crippen LogP contribution in [0.5, 0.6) is 17.5 Å². The third kappa shape index (κ3) is 4.71. The van der Waals surface area contributed by atoms with E-state index >= 15 is 0 Å². The van der Waals surface area contributed by atoms with Crippen LogP contribution in [-0.2, 0) is 11.2 Å². The van der Waals surface area contributed by atoms with Gasteiger partial charge in [-0.05, 0) is 61.4 Å². The molecule has 0 atom stereocenters. The molecule has 1 N–H and O–H groups in total. The lowest BCUT2D eigenvalue weighted by Gasteiger charge is -2.09. The predicted molar refractivity (Wildman–Crippen MR) is 127 cm³/mol. The summed E-state index contributed by atoms with van der Waals surface area (Å²) in [6.45, 7) is 2.54. The Morgan fingerprint density at radius 2 is 1.82 bits per heavy atom. The molecule has 5 rings (SSSR count). The van der Waals surface area contributed by atoms with Crippen LogP contribution in [0.15, 0.2) is 72.8 Å². The zero-order valence-electron chi connectivity index (χ0n) is 18.7. The fourth-order valence-electron chi connectivity index (χ4n) is 3.70. The first-order valence-electron chi connectivity index (χ1n) is 11.1. The van der Waals surface area contributed by atoms with Crippen LogP contribution in [0.1, 0.15) is 18.9 Å². The van der Waals surface area contributed by atoms with Gasteiger partial charge in [0.15, 0.2) is 17.3 Å². The second-order valence-electron chi connectivity index (χ2n) is 7.71. The van der Waals surface area contributed by atoms with Crippen molar-refractivity contribution in [1.29, 1.82) is 0 Å². The van der Waals surface area contributed by atoms with E-state index in [1.54, 1.807) is 4.68 Å². The van der Waals surface area contributed by atoms with E-state index < -0.39 is 0 Å². The van der Waals surface area contributed by atoms with Gasteiger partial charge in [0.05, 0.1) is 12.3 Å². The maximum Gasteiger partial charge on any atom is 0.336 e. The summed E-state index contributed by atoms with van der Waals surface area (Å²) in [5.74, 6) is 1.95. The van der Waals surface area contributed by atoms with Crippen molar-refractivity contribution in [3.05, 3.63) is 78.4 Å². The lowest BCUT2D eigenvalue weighted by molar-refractivity contribution is -0.116. The van der Waals surface area contributed by atoms with E-state index in [9.17, 15) is 4.79 Å². The molecule has 34 heavy (non-hydrogen) atoms. The Labute approximate surface area is 197 Å². The average Bonchev–Trinajstić information content (AvgIpc) is 3.51. The van der Waals surface area contributed by atoms with Gasteiger partial charge < -0.3 is 19.5 Å². The predicted octanol–water partition coefficient (Wildman–Crippen LogP) is 4.63. The lowest BCUT2D eigenvalue weighted by atomic mass is 10.1. The summed E-state index contributed by atoms with van der Waals surface area (Å²) < 4.78 is 18.2. The molecule has 0 radical (unpaired) electrons. The molecular weight excluding hydrogens is 432 g/mol. The van der Waals surface area contributed by atoms with Gasteiger partial charge in [0.25, 0.3) is 0 Å². The standard InChI is InChI=1S/C26H24N4O4/c1-2-32-26-28-25(19-9-14-22-23(16-19)34-17-33-22)30(29-26)21-12-10-20(11-13-21)27-24(31)15-8-18-6-4-3-5-7-18/h3-7,9-14,16H,2,8,15,17H2,1H3,(H,27,31). The summed E-state index contributed by atoms with van der Waals surface area (Å²) >= 11 is 0. The Morgan fingerprint density at radius 1 is 1.03 bits per heavy atom. The molecule has 2 heterocycles. The fourth-order valence-corrected chi connectivity index (χ4v) is 3.70. The number of rotatable bonds is 8. The second kappa shape index (κ2) is 9.66. The van der Waals surface area contributed by atoms with Crippen molar-refractivity contribution < 1.29 is 19.0 Å². The molecule has 1 aliphatic rings. The molecule has 0 bridgehead atoms. The molecule has 8 nitrogen and oxygen atoms in total. The minimum absolute atomic E-state index is 0.0305. The summed E-state index contributed by atoms with van der Waals surface area (Å²) in [6, 6.07) is 23.3. The highest BCUT2D eigenvalue weighted by Gasteiger charge is 2.19. The van der Waals surface area contributed by atoms with Crippen molar-refractivity contribution in [3.63, 3.8) is 0 Å². The number of hydrogen-bond donors (Lipinski definition) is 1. The number of benzene rings is 3. The van der Waals surface area contributed by atoms with Crippen LogP contribution >= 0.6 is 0 Å². The van der Waals surface area contributed by atoms with Crippen molar-refractivity contribution in [1.82, 2.24) is 14.8 Å². The molecule has 8 heteroatoms. The largest absolute Gasteiger partial charge is 0.463 e. The summed E-state index contributed by atoms with van der Waals surface area (Å²) in [4.78, 5) is 16.9. The minimum atomic E-state index is -0.0305. The molecule has 172 valence electrons. The maximum absolute atomic E-state index is 12.4. The Morgan fingerprint density at radius 3 is 2.62 bits per heavy atom. The Balaban J connectivity index is 1.34. The number of anilines is 1. The number of amides is 1. The van der Waals surface area contributed by atoms with Crippen molar-refractivity contribution in [2.75, 3.05) is 18.7 Å². The molecule has 1 aromatic heterocycles. The van der Waals surface area contributed by atoms with Gasteiger partial charge in [-0.15, -0.1) is 5.10 Å². The SMILES string of the molecule is CCOc1nc(-c2ccc3c(c2)OCO3)n(-c2ccc(NC(=O)CCc3ccccc3)cc2)n1. The topological polar surface area (TPSA) is 87.5 Å². The van der Waals surface area contributed by atoms with Crippen LogP contribution < -0.4 is 19.5 Å². The Kier molecular flexibility index (Phi) is 6.11. The number of carbonyl (C=O) groups excluding carboxylic acids is 1. The zero-order chi connectivity index (χ0) is 23.3. The number of nitrogens with one attached hydrogen (secondary N) is 1. The third-order valence-electron chi connectivity index (χ3n) is 5.37. The molecule has 0 spiro atoms. The number of ether oxygens (including phenoxy) is 3. The van der Waals surface area contributed by atoms with Gasteiger partial charge >= 0.3 is 6.01 Å². The molecule has 0 fully saturated rings. The number of carbonyl (C=O) groups is 1. The summed E-state index contributed by atoms with van der Waals surface area (Å²) in [5, 5.41) is 7.47. The van der Waals surface area contributed by atoms with Gasteiger partial charge in [0.2, 0.25) is 12.7 Å². The van der Waals surface area contributed by atoms with E-state index in [0.717, 1.165) is 22.5 Å². The Bertz CT molecular complexity index is 1290. The molecule has 1 amide bonds. The number of nitrogens with zero attached hydrogens (tertiary/aromatic N) is 3.